The van der Waals surface area contributed by atoms with Crippen molar-refractivity contribution in [3.05, 3.63) is 0 Å². The molecule has 0 saturated carbocycles. The van der Waals surface area contributed by atoms with E-state index in [-0.39, 0.29) is 16.5 Å². The Balaban J connectivity index is 2.18. The minimum atomic E-state index is -0.367. The summed E-state index contributed by atoms with van der Waals surface area (Å²) in [6.45, 7) is 11.7. The molecule has 0 aromatic carbocycles. The molecule has 4 heteroatoms. The number of nitrogens with one attached hydrogen (secondary N) is 1. The molecule has 2 aliphatic heterocycles. The number of amides is 1. The normalized spacial score (nSPS) is 39.6. The first-order chi connectivity index (χ1) is 8.81. The van der Waals surface area contributed by atoms with Gasteiger partial charge in [0.15, 0.2) is 0 Å². The maximum absolute atomic E-state index is 12.8. The highest BCUT2D eigenvalue weighted by Crippen LogP contribution is 2.40. The first-order valence-electron chi connectivity index (χ1n) is 7.54. The van der Waals surface area contributed by atoms with Gasteiger partial charge in [0.2, 0.25) is 5.91 Å². The molecule has 0 bridgehead atoms. The Labute approximate surface area is 121 Å². The molecular formula is C15H28N2OS. The Hall–Kier alpha value is -0.220. The summed E-state index contributed by atoms with van der Waals surface area (Å²) in [7, 11) is 0. The summed E-state index contributed by atoms with van der Waals surface area (Å²) in [5.41, 5.74) is -0.367. The van der Waals surface area contributed by atoms with Crippen LogP contribution in [0.25, 0.3) is 0 Å². The number of hydrogen-bond donors (Lipinski definition) is 1. The van der Waals surface area contributed by atoms with Crippen LogP contribution in [-0.2, 0) is 4.79 Å². The SMILES string of the molecule is CCC1(C)NC(C(C)C)N(CC2(C)CCCS2)C1=O. The monoisotopic (exact) mass is 284 g/mol. The summed E-state index contributed by atoms with van der Waals surface area (Å²) >= 11 is 2.03. The molecule has 0 radical (unpaired) electrons. The van der Waals surface area contributed by atoms with Gasteiger partial charge in [-0.25, -0.2) is 0 Å². The van der Waals surface area contributed by atoms with E-state index >= 15 is 0 Å². The summed E-state index contributed by atoms with van der Waals surface area (Å²) in [6.07, 6.45) is 3.56. The fraction of sp³-hybridized carbons (Fsp3) is 0.933. The van der Waals surface area contributed by atoms with E-state index in [0.29, 0.717) is 11.8 Å². The largest absolute Gasteiger partial charge is 0.324 e. The molecule has 2 rings (SSSR count). The van der Waals surface area contributed by atoms with Gasteiger partial charge in [0, 0.05) is 11.3 Å². The van der Waals surface area contributed by atoms with Crippen molar-refractivity contribution in [2.75, 3.05) is 12.3 Å². The first kappa shape index (κ1) is 15.2. The van der Waals surface area contributed by atoms with E-state index in [0.717, 1.165) is 13.0 Å². The molecule has 2 heterocycles. The van der Waals surface area contributed by atoms with E-state index < -0.39 is 0 Å². The van der Waals surface area contributed by atoms with Crippen LogP contribution in [0.1, 0.15) is 53.9 Å². The maximum atomic E-state index is 12.8. The van der Waals surface area contributed by atoms with Crippen LogP contribution in [0, 0.1) is 5.92 Å². The van der Waals surface area contributed by atoms with Crippen LogP contribution in [0.4, 0.5) is 0 Å². The number of nitrogens with zero attached hydrogens (tertiary/aromatic N) is 1. The van der Waals surface area contributed by atoms with Crippen molar-refractivity contribution in [2.45, 2.75) is 70.3 Å². The molecule has 0 aliphatic carbocycles. The fourth-order valence-electron chi connectivity index (χ4n) is 3.18. The number of hydrogen-bond acceptors (Lipinski definition) is 3. The van der Waals surface area contributed by atoms with E-state index in [1.807, 2.05) is 11.8 Å². The lowest BCUT2D eigenvalue weighted by Gasteiger charge is -2.34. The first-order valence-corrected chi connectivity index (χ1v) is 8.53. The lowest BCUT2D eigenvalue weighted by molar-refractivity contribution is -0.133. The summed E-state index contributed by atoms with van der Waals surface area (Å²) in [6, 6.07) is 0. The third-order valence-electron chi connectivity index (χ3n) is 4.68. The van der Waals surface area contributed by atoms with Crippen molar-refractivity contribution in [1.29, 1.82) is 0 Å². The molecule has 1 amide bonds. The highest BCUT2D eigenvalue weighted by molar-refractivity contribution is 8.00. The van der Waals surface area contributed by atoms with Gasteiger partial charge in [0.1, 0.15) is 0 Å². The van der Waals surface area contributed by atoms with Gasteiger partial charge in [0.25, 0.3) is 0 Å². The summed E-state index contributed by atoms with van der Waals surface area (Å²) < 4.78 is 0.253. The molecular weight excluding hydrogens is 256 g/mol. The maximum Gasteiger partial charge on any atom is 0.243 e. The highest BCUT2D eigenvalue weighted by atomic mass is 32.2. The molecule has 1 N–H and O–H groups in total. The van der Waals surface area contributed by atoms with Gasteiger partial charge in [0.05, 0.1) is 11.7 Å². The van der Waals surface area contributed by atoms with Gasteiger partial charge in [-0.2, -0.15) is 11.8 Å². The van der Waals surface area contributed by atoms with Crippen molar-refractivity contribution in [2.24, 2.45) is 5.92 Å². The quantitative estimate of drug-likeness (QED) is 0.861. The van der Waals surface area contributed by atoms with Crippen LogP contribution in [0.2, 0.25) is 0 Å². The van der Waals surface area contributed by atoms with Crippen LogP contribution in [0.15, 0.2) is 0 Å². The molecule has 2 fully saturated rings. The average Bonchev–Trinajstić information content (AvgIpc) is 2.88. The Morgan fingerprint density at radius 2 is 2.16 bits per heavy atom. The third kappa shape index (κ3) is 2.80. The summed E-state index contributed by atoms with van der Waals surface area (Å²) in [4.78, 5) is 14.9. The van der Waals surface area contributed by atoms with Crippen LogP contribution in [0.5, 0.6) is 0 Å². The van der Waals surface area contributed by atoms with E-state index in [2.05, 4.69) is 44.8 Å². The number of rotatable bonds is 4. The molecule has 0 aromatic rings. The van der Waals surface area contributed by atoms with E-state index in [4.69, 9.17) is 0 Å². The van der Waals surface area contributed by atoms with Crippen LogP contribution < -0.4 is 5.32 Å². The van der Waals surface area contributed by atoms with Gasteiger partial charge in [-0.15, -0.1) is 0 Å². The van der Waals surface area contributed by atoms with Gasteiger partial charge < -0.3 is 4.90 Å². The van der Waals surface area contributed by atoms with E-state index in [1.165, 1.54) is 18.6 Å². The minimum absolute atomic E-state index is 0.190. The second-order valence-electron chi connectivity index (χ2n) is 6.85. The number of carbonyl (C=O) groups is 1. The Bertz CT molecular complexity index is 352. The zero-order valence-electron chi connectivity index (χ0n) is 13.0. The standard InChI is InChI=1S/C15H28N2OS/c1-6-15(5)13(18)17(12(16-15)11(2)3)10-14(4)8-7-9-19-14/h11-12,16H,6-10H2,1-5H3. The molecule has 2 aliphatic rings. The number of thioether (sulfide) groups is 1. The van der Waals surface area contributed by atoms with Gasteiger partial charge in [-0.05, 0) is 44.8 Å². The van der Waals surface area contributed by atoms with Crippen LogP contribution >= 0.6 is 11.8 Å². The lowest BCUT2D eigenvalue weighted by atomic mass is 9.98. The lowest BCUT2D eigenvalue weighted by Crippen LogP contribution is -2.47. The predicted octanol–water partition coefficient (Wildman–Crippen LogP) is 2.85. The van der Waals surface area contributed by atoms with E-state index in [9.17, 15) is 4.79 Å². The van der Waals surface area contributed by atoms with Crippen molar-refractivity contribution in [3.63, 3.8) is 0 Å². The fourth-order valence-corrected chi connectivity index (χ4v) is 4.48. The summed E-state index contributed by atoms with van der Waals surface area (Å²) in [5, 5.41) is 3.57. The second kappa shape index (κ2) is 5.28. The molecule has 0 spiro atoms. The summed E-state index contributed by atoms with van der Waals surface area (Å²) in [5.74, 6) is 1.98. The number of carbonyl (C=O) groups excluding carboxylic acids is 1. The molecule has 3 atom stereocenters. The molecule has 0 aromatic heterocycles. The third-order valence-corrected chi connectivity index (χ3v) is 6.20. The molecule has 110 valence electrons. The predicted molar refractivity (Wildman–Crippen MR) is 82.3 cm³/mol. The van der Waals surface area contributed by atoms with Crippen molar-refractivity contribution < 1.29 is 4.79 Å². The molecule has 2 saturated heterocycles. The van der Waals surface area contributed by atoms with Gasteiger partial charge in [-0.1, -0.05) is 20.8 Å². The van der Waals surface area contributed by atoms with Gasteiger partial charge >= 0.3 is 0 Å². The Morgan fingerprint density at radius 3 is 2.63 bits per heavy atom. The Kier molecular flexibility index (Phi) is 4.22. The van der Waals surface area contributed by atoms with E-state index in [1.54, 1.807) is 0 Å². The highest BCUT2D eigenvalue weighted by Gasteiger charge is 2.49. The molecule has 19 heavy (non-hydrogen) atoms. The Morgan fingerprint density at radius 1 is 1.47 bits per heavy atom. The van der Waals surface area contributed by atoms with Gasteiger partial charge in [-0.3, -0.25) is 10.1 Å². The van der Waals surface area contributed by atoms with Crippen LogP contribution in [-0.4, -0.2) is 39.6 Å². The van der Waals surface area contributed by atoms with Crippen LogP contribution in [0.3, 0.4) is 0 Å². The zero-order chi connectivity index (χ0) is 14.3. The second-order valence-corrected chi connectivity index (χ2v) is 8.54. The minimum Gasteiger partial charge on any atom is -0.324 e. The van der Waals surface area contributed by atoms with Crippen molar-refractivity contribution in [1.82, 2.24) is 10.2 Å². The average molecular weight is 284 g/mol. The van der Waals surface area contributed by atoms with Crippen molar-refractivity contribution >= 4 is 17.7 Å². The molecule has 3 nitrogen and oxygen atoms in total. The van der Waals surface area contributed by atoms with Crippen molar-refractivity contribution in [3.8, 4) is 0 Å². The smallest absolute Gasteiger partial charge is 0.243 e. The topological polar surface area (TPSA) is 32.3 Å². The molecule has 3 unspecified atom stereocenters. The zero-order valence-corrected chi connectivity index (χ0v) is 13.8.